The lowest BCUT2D eigenvalue weighted by Gasteiger charge is -2.23. The summed E-state index contributed by atoms with van der Waals surface area (Å²) in [4.78, 5) is 22.7. The number of nitrogens with zero attached hydrogens (tertiary/aromatic N) is 5. The number of carbonyl (C=O) groups excluding carboxylic acids is 1. The van der Waals surface area contributed by atoms with Crippen molar-refractivity contribution in [1.82, 2.24) is 24.9 Å². The minimum atomic E-state index is -1.04. The zero-order valence-corrected chi connectivity index (χ0v) is 13.8. The van der Waals surface area contributed by atoms with Gasteiger partial charge < -0.3 is 5.32 Å². The molecular formula is C14H20N6O3. The molecule has 0 bridgehead atoms. The van der Waals surface area contributed by atoms with Gasteiger partial charge in [-0.25, -0.2) is 0 Å². The van der Waals surface area contributed by atoms with Crippen LogP contribution in [-0.4, -0.2) is 30.4 Å². The Hall–Kier alpha value is -2.71. The van der Waals surface area contributed by atoms with Crippen LogP contribution in [0.1, 0.15) is 30.8 Å². The van der Waals surface area contributed by atoms with Gasteiger partial charge in [0.1, 0.15) is 17.9 Å². The van der Waals surface area contributed by atoms with Crippen molar-refractivity contribution >= 4 is 11.6 Å². The second-order valence-corrected chi connectivity index (χ2v) is 5.91. The average Bonchev–Trinajstić information content (AvgIpc) is 3.04. The molecular weight excluding hydrogens is 300 g/mol. The van der Waals surface area contributed by atoms with Crippen molar-refractivity contribution in [3.63, 3.8) is 0 Å². The molecule has 2 aromatic heterocycles. The van der Waals surface area contributed by atoms with Crippen LogP contribution in [0.2, 0.25) is 0 Å². The largest absolute Gasteiger partial charge is 0.350 e. The molecule has 2 rings (SSSR count). The summed E-state index contributed by atoms with van der Waals surface area (Å²) in [5, 5.41) is 21.8. The van der Waals surface area contributed by atoms with Crippen molar-refractivity contribution in [2.24, 2.45) is 7.05 Å². The van der Waals surface area contributed by atoms with Gasteiger partial charge in [-0.05, 0) is 27.7 Å². The fourth-order valence-electron chi connectivity index (χ4n) is 2.28. The molecule has 0 atom stereocenters. The molecule has 0 spiro atoms. The number of hydrogen-bond acceptors (Lipinski definition) is 5. The molecule has 0 fully saturated rings. The molecule has 0 aliphatic rings. The van der Waals surface area contributed by atoms with Crippen molar-refractivity contribution in [3.05, 3.63) is 39.5 Å². The van der Waals surface area contributed by atoms with Crippen LogP contribution in [0.5, 0.6) is 0 Å². The fourth-order valence-corrected chi connectivity index (χ4v) is 2.28. The van der Waals surface area contributed by atoms with Crippen LogP contribution in [0.3, 0.4) is 0 Å². The third kappa shape index (κ3) is 3.08. The van der Waals surface area contributed by atoms with Crippen LogP contribution < -0.4 is 5.32 Å². The summed E-state index contributed by atoms with van der Waals surface area (Å²) < 4.78 is 3.06. The lowest BCUT2D eigenvalue weighted by Crippen LogP contribution is -2.44. The summed E-state index contributed by atoms with van der Waals surface area (Å²) in [6.07, 6.45) is 2.38. The van der Waals surface area contributed by atoms with Gasteiger partial charge in [0, 0.05) is 24.8 Å². The van der Waals surface area contributed by atoms with Crippen LogP contribution in [0.15, 0.2) is 12.4 Å². The van der Waals surface area contributed by atoms with Crippen LogP contribution in [0.25, 0.3) is 0 Å². The number of hydrogen-bond donors (Lipinski definition) is 1. The van der Waals surface area contributed by atoms with Gasteiger partial charge in [0.25, 0.3) is 0 Å². The molecule has 9 nitrogen and oxygen atoms in total. The summed E-state index contributed by atoms with van der Waals surface area (Å²) in [6, 6.07) is 0. The Morgan fingerprint density at radius 1 is 1.43 bits per heavy atom. The second kappa shape index (κ2) is 5.82. The number of aryl methyl sites for hydroxylation is 2. The molecule has 0 saturated carbocycles. The van der Waals surface area contributed by atoms with Crippen molar-refractivity contribution in [3.8, 4) is 0 Å². The summed E-state index contributed by atoms with van der Waals surface area (Å²) in [7, 11) is 1.85. The molecule has 0 aliphatic carbocycles. The predicted octanol–water partition coefficient (Wildman–Crippen LogP) is 1.19. The summed E-state index contributed by atoms with van der Waals surface area (Å²) in [6.45, 7) is 7.47. The maximum atomic E-state index is 12.5. The Morgan fingerprint density at radius 2 is 2.09 bits per heavy atom. The van der Waals surface area contributed by atoms with Crippen molar-refractivity contribution in [2.75, 3.05) is 0 Å². The topological polar surface area (TPSA) is 108 Å². The van der Waals surface area contributed by atoms with E-state index < -0.39 is 10.5 Å². The summed E-state index contributed by atoms with van der Waals surface area (Å²) in [5.41, 5.74) is 1.61. The third-order valence-electron chi connectivity index (χ3n) is 3.99. The first-order valence-electron chi connectivity index (χ1n) is 7.11. The standard InChI is InChI=1S/C14H20N6O3/c1-9-12(10(2)18(5)17-9)7-15-13(21)14(3,4)19-8-11(6-16-19)20(22)23/h6,8H,7H2,1-5H3,(H,15,21). The van der Waals surface area contributed by atoms with Crippen LogP contribution in [-0.2, 0) is 23.9 Å². The van der Waals surface area contributed by atoms with Gasteiger partial charge in [-0.15, -0.1) is 0 Å². The van der Waals surface area contributed by atoms with E-state index in [-0.39, 0.29) is 11.6 Å². The molecule has 0 unspecified atom stereocenters. The molecule has 0 radical (unpaired) electrons. The number of amides is 1. The van der Waals surface area contributed by atoms with Gasteiger partial charge in [0.05, 0.1) is 10.6 Å². The molecule has 1 amide bonds. The molecule has 0 saturated heterocycles. The molecule has 0 aliphatic heterocycles. The van der Waals surface area contributed by atoms with Gasteiger partial charge in [-0.3, -0.25) is 24.3 Å². The number of aromatic nitrogens is 4. The highest BCUT2D eigenvalue weighted by Crippen LogP contribution is 2.19. The highest BCUT2D eigenvalue weighted by Gasteiger charge is 2.32. The lowest BCUT2D eigenvalue weighted by molar-refractivity contribution is -0.385. The lowest BCUT2D eigenvalue weighted by atomic mass is 10.0. The van der Waals surface area contributed by atoms with E-state index in [1.165, 1.54) is 10.9 Å². The summed E-state index contributed by atoms with van der Waals surface area (Å²) in [5.74, 6) is -0.279. The smallest absolute Gasteiger partial charge is 0.307 e. The second-order valence-electron chi connectivity index (χ2n) is 5.91. The van der Waals surface area contributed by atoms with Crippen LogP contribution in [0, 0.1) is 24.0 Å². The van der Waals surface area contributed by atoms with Gasteiger partial charge in [0.2, 0.25) is 5.91 Å². The normalized spacial score (nSPS) is 11.5. The monoisotopic (exact) mass is 320 g/mol. The highest BCUT2D eigenvalue weighted by molar-refractivity contribution is 5.83. The molecule has 124 valence electrons. The van der Waals surface area contributed by atoms with E-state index in [9.17, 15) is 14.9 Å². The van der Waals surface area contributed by atoms with Crippen molar-refractivity contribution in [2.45, 2.75) is 39.8 Å². The van der Waals surface area contributed by atoms with E-state index in [0.29, 0.717) is 6.54 Å². The molecule has 2 aromatic rings. The molecule has 23 heavy (non-hydrogen) atoms. The van der Waals surface area contributed by atoms with E-state index in [2.05, 4.69) is 15.5 Å². The molecule has 1 N–H and O–H groups in total. The van der Waals surface area contributed by atoms with Crippen molar-refractivity contribution in [1.29, 1.82) is 0 Å². The van der Waals surface area contributed by atoms with E-state index in [4.69, 9.17) is 0 Å². The first-order chi connectivity index (χ1) is 10.6. The molecule has 2 heterocycles. The van der Waals surface area contributed by atoms with Crippen molar-refractivity contribution < 1.29 is 9.72 Å². The van der Waals surface area contributed by atoms with E-state index in [0.717, 1.165) is 23.1 Å². The number of carbonyl (C=O) groups is 1. The first-order valence-corrected chi connectivity index (χ1v) is 7.11. The molecule has 0 aromatic carbocycles. The highest BCUT2D eigenvalue weighted by atomic mass is 16.6. The Kier molecular flexibility index (Phi) is 4.22. The van der Waals surface area contributed by atoms with Crippen LogP contribution in [0.4, 0.5) is 5.69 Å². The Labute approximate surface area is 133 Å². The quantitative estimate of drug-likeness (QED) is 0.657. The minimum absolute atomic E-state index is 0.148. The van der Waals surface area contributed by atoms with Gasteiger partial charge in [0.15, 0.2) is 0 Å². The molecule has 9 heteroatoms. The zero-order valence-electron chi connectivity index (χ0n) is 13.8. The van der Waals surface area contributed by atoms with Gasteiger partial charge in [-0.1, -0.05) is 0 Å². The Morgan fingerprint density at radius 3 is 2.57 bits per heavy atom. The number of nitrogens with one attached hydrogen (secondary N) is 1. The zero-order chi connectivity index (χ0) is 17.4. The van der Waals surface area contributed by atoms with E-state index in [1.54, 1.807) is 18.5 Å². The average molecular weight is 320 g/mol. The number of rotatable bonds is 5. The Balaban J connectivity index is 2.13. The van der Waals surface area contributed by atoms with Crippen LogP contribution >= 0.6 is 0 Å². The number of nitro groups is 1. The fraction of sp³-hybridized carbons (Fsp3) is 0.500. The maximum absolute atomic E-state index is 12.5. The first kappa shape index (κ1) is 16.7. The van der Waals surface area contributed by atoms with Gasteiger partial charge in [-0.2, -0.15) is 10.2 Å². The van der Waals surface area contributed by atoms with E-state index >= 15 is 0 Å². The third-order valence-corrected chi connectivity index (χ3v) is 3.99. The maximum Gasteiger partial charge on any atom is 0.307 e. The summed E-state index contributed by atoms with van der Waals surface area (Å²) >= 11 is 0. The Bertz CT molecular complexity index is 759. The predicted molar refractivity (Wildman–Crippen MR) is 82.7 cm³/mol. The SMILES string of the molecule is Cc1nn(C)c(C)c1CNC(=O)C(C)(C)n1cc([N+](=O)[O-])cn1. The minimum Gasteiger partial charge on any atom is -0.350 e. The van der Waals surface area contributed by atoms with Gasteiger partial charge >= 0.3 is 5.69 Å². The van der Waals surface area contributed by atoms with E-state index in [1.807, 2.05) is 20.9 Å².